The van der Waals surface area contributed by atoms with Crippen LogP contribution in [0.2, 0.25) is 0 Å². The summed E-state index contributed by atoms with van der Waals surface area (Å²) in [5.74, 6) is 3.02. The Morgan fingerprint density at radius 1 is 0.792 bits per heavy atom. The van der Waals surface area contributed by atoms with Gasteiger partial charge in [0, 0.05) is 0 Å². The zero-order valence-corrected chi connectivity index (χ0v) is 16.1. The molecule has 2 aliphatic rings. The predicted molar refractivity (Wildman–Crippen MR) is 105 cm³/mol. The van der Waals surface area contributed by atoms with Gasteiger partial charge in [-0.25, -0.2) is 0 Å². The third-order valence-electron chi connectivity index (χ3n) is 6.34. The van der Waals surface area contributed by atoms with Crippen molar-refractivity contribution < 1.29 is 4.74 Å². The molecule has 2 aliphatic carbocycles. The van der Waals surface area contributed by atoms with E-state index in [1.165, 1.54) is 83.5 Å². The summed E-state index contributed by atoms with van der Waals surface area (Å²) in [4.78, 5) is 0. The van der Waals surface area contributed by atoms with Crippen molar-refractivity contribution in [3.8, 4) is 0 Å². The van der Waals surface area contributed by atoms with Gasteiger partial charge in [-0.15, -0.1) is 6.58 Å². The van der Waals surface area contributed by atoms with Crippen molar-refractivity contribution in [1.29, 1.82) is 0 Å². The van der Waals surface area contributed by atoms with E-state index >= 15 is 0 Å². The summed E-state index contributed by atoms with van der Waals surface area (Å²) >= 11 is 0. The molecule has 0 aromatic carbocycles. The molecule has 0 saturated heterocycles. The predicted octanol–water partition coefficient (Wildman–Crippen LogP) is 7.08. The van der Waals surface area contributed by atoms with Crippen LogP contribution < -0.4 is 0 Å². The summed E-state index contributed by atoms with van der Waals surface area (Å²) in [5, 5.41) is 0. The number of hydrogen-bond donors (Lipinski definition) is 0. The van der Waals surface area contributed by atoms with E-state index in [0.717, 1.165) is 24.4 Å². The molecule has 2 rings (SSSR count). The van der Waals surface area contributed by atoms with Crippen molar-refractivity contribution in [3.63, 3.8) is 0 Å². The lowest BCUT2D eigenvalue weighted by molar-refractivity contribution is 0.0326. The van der Waals surface area contributed by atoms with Crippen LogP contribution in [0, 0.1) is 17.8 Å². The molecule has 1 nitrogen and oxygen atoms in total. The summed E-state index contributed by atoms with van der Waals surface area (Å²) < 4.78 is 5.81. The van der Waals surface area contributed by atoms with Crippen LogP contribution in [0.3, 0.4) is 0 Å². The molecule has 0 spiro atoms. The molecule has 0 aromatic rings. The van der Waals surface area contributed by atoms with Crippen molar-refractivity contribution >= 4 is 0 Å². The van der Waals surface area contributed by atoms with E-state index in [4.69, 9.17) is 4.74 Å². The number of rotatable bonds is 10. The topological polar surface area (TPSA) is 9.23 Å². The Labute approximate surface area is 150 Å². The molecule has 0 bridgehead atoms. The molecule has 0 radical (unpaired) electrons. The summed E-state index contributed by atoms with van der Waals surface area (Å²) in [6, 6.07) is 0. The second kappa shape index (κ2) is 11.9. The number of hydrogen-bond acceptors (Lipinski definition) is 1. The molecule has 1 heteroatoms. The molecule has 24 heavy (non-hydrogen) atoms. The summed E-state index contributed by atoms with van der Waals surface area (Å²) in [6.07, 6.45) is 25.3. The molecule has 0 heterocycles. The van der Waals surface area contributed by atoms with Gasteiger partial charge in [-0.3, -0.25) is 0 Å². The maximum Gasteiger partial charge on any atom is 0.0648 e. The van der Waals surface area contributed by atoms with Gasteiger partial charge in [-0.1, -0.05) is 63.7 Å². The highest BCUT2D eigenvalue weighted by molar-refractivity contribution is 4.83. The zero-order valence-electron chi connectivity index (χ0n) is 16.1. The average Bonchev–Trinajstić information content (AvgIpc) is 2.64. The molecule has 0 aromatic heterocycles. The molecule has 0 unspecified atom stereocenters. The van der Waals surface area contributed by atoms with Gasteiger partial charge in [0.25, 0.3) is 0 Å². The fourth-order valence-electron chi connectivity index (χ4n) is 4.69. The monoisotopic (exact) mass is 332 g/mol. The highest BCUT2D eigenvalue weighted by Gasteiger charge is 2.24. The fourth-order valence-corrected chi connectivity index (χ4v) is 4.69. The Morgan fingerprint density at radius 3 is 1.88 bits per heavy atom. The molecular weight excluding hydrogens is 292 g/mol. The van der Waals surface area contributed by atoms with E-state index in [0.29, 0.717) is 6.10 Å². The third-order valence-corrected chi connectivity index (χ3v) is 6.34. The smallest absolute Gasteiger partial charge is 0.0648 e. The lowest BCUT2D eigenvalue weighted by atomic mass is 9.76. The third kappa shape index (κ3) is 7.55. The van der Waals surface area contributed by atoms with Crippen LogP contribution in [0.1, 0.15) is 90.4 Å². The van der Waals surface area contributed by atoms with E-state index in [2.05, 4.69) is 25.7 Å². The van der Waals surface area contributed by atoms with Gasteiger partial charge in [0.2, 0.25) is 0 Å². The highest BCUT2D eigenvalue weighted by atomic mass is 16.5. The second-order valence-electron chi connectivity index (χ2n) is 8.19. The van der Waals surface area contributed by atoms with Crippen LogP contribution in [-0.2, 0) is 4.74 Å². The lowest BCUT2D eigenvalue weighted by Crippen LogP contribution is -2.22. The van der Waals surface area contributed by atoms with Gasteiger partial charge in [0.1, 0.15) is 0 Å². The summed E-state index contributed by atoms with van der Waals surface area (Å²) in [5.41, 5.74) is 0. The van der Waals surface area contributed by atoms with E-state index in [9.17, 15) is 0 Å². The van der Waals surface area contributed by atoms with Crippen molar-refractivity contribution in [2.75, 3.05) is 6.61 Å². The van der Waals surface area contributed by atoms with Crippen molar-refractivity contribution in [2.45, 2.75) is 96.5 Å². The van der Waals surface area contributed by atoms with Crippen LogP contribution in [0.25, 0.3) is 0 Å². The molecule has 0 amide bonds. The van der Waals surface area contributed by atoms with Gasteiger partial charge in [-0.2, -0.15) is 0 Å². The Bertz CT molecular complexity index is 343. The number of allylic oxidation sites excluding steroid dienone is 2. The highest BCUT2D eigenvalue weighted by Crippen LogP contribution is 2.37. The molecule has 0 aliphatic heterocycles. The first-order valence-electron chi connectivity index (χ1n) is 10.7. The van der Waals surface area contributed by atoms with Gasteiger partial charge in [-0.05, 0) is 62.7 Å². The van der Waals surface area contributed by atoms with Gasteiger partial charge >= 0.3 is 0 Å². The molecule has 2 fully saturated rings. The average molecular weight is 333 g/mol. The van der Waals surface area contributed by atoms with Crippen LogP contribution in [0.5, 0.6) is 0 Å². The Morgan fingerprint density at radius 2 is 1.33 bits per heavy atom. The number of ether oxygens (including phenoxy) is 1. The van der Waals surface area contributed by atoms with Crippen molar-refractivity contribution in [2.24, 2.45) is 17.8 Å². The quantitative estimate of drug-likeness (QED) is 0.388. The van der Waals surface area contributed by atoms with Gasteiger partial charge in [0.15, 0.2) is 0 Å². The largest absolute Gasteiger partial charge is 0.374 e. The fraction of sp³-hybridized carbons (Fsp3) is 0.826. The SMILES string of the molecule is C=CCOC1CCC(CCC2CCC(CC/C=C/CC)CC2)CC1. The van der Waals surface area contributed by atoms with Crippen LogP contribution in [0.15, 0.2) is 24.8 Å². The van der Waals surface area contributed by atoms with E-state index in [1.807, 2.05) is 6.08 Å². The van der Waals surface area contributed by atoms with Gasteiger partial charge in [0.05, 0.1) is 12.7 Å². The second-order valence-corrected chi connectivity index (χ2v) is 8.19. The summed E-state index contributed by atoms with van der Waals surface area (Å²) in [6.45, 7) is 6.70. The minimum Gasteiger partial charge on any atom is -0.374 e. The van der Waals surface area contributed by atoms with Crippen LogP contribution in [-0.4, -0.2) is 12.7 Å². The van der Waals surface area contributed by atoms with E-state index < -0.39 is 0 Å². The van der Waals surface area contributed by atoms with Gasteiger partial charge < -0.3 is 4.74 Å². The standard InChI is InChI=1S/C23H40O/c1-3-5-6-7-8-20-9-11-21(12-10-20)13-14-22-15-17-23(18-16-22)24-19-4-2/h4-6,20-23H,2-3,7-19H2,1H3/b6-5+. The normalized spacial score (nSPS) is 31.4. The Kier molecular flexibility index (Phi) is 9.80. The Balaban J connectivity index is 1.52. The minimum absolute atomic E-state index is 0.511. The zero-order chi connectivity index (χ0) is 17.0. The molecule has 0 N–H and O–H groups in total. The first-order valence-corrected chi connectivity index (χ1v) is 10.7. The first kappa shape index (κ1) is 19.8. The first-order chi connectivity index (χ1) is 11.8. The van der Waals surface area contributed by atoms with Crippen molar-refractivity contribution in [3.05, 3.63) is 24.8 Å². The van der Waals surface area contributed by atoms with Crippen LogP contribution in [0.4, 0.5) is 0 Å². The molecule has 138 valence electrons. The maximum atomic E-state index is 5.81. The lowest BCUT2D eigenvalue weighted by Gasteiger charge is -2.32. The van der Waals surface area contributed by atoms with Crippen molar-refractivity contribution in [1.82, 2.24) is 0 Å². The van der Waals surface area contributed by atoms with E-state index in [1.54, 1.807) is 0 Å². The minimum atomic E-state index is 0.511. The molecular formula is C23H40O. The summed E-state index contributed by atoms with van der Waals surface area (Å²) in [7, 11) is 0. The molecule has 2 saturated carbocycles. The van der Waals surface area contributed by atoms with Crippen LogP contribution >= 0.6 is 0 Å². The maximum absolute atomic E-state index is 5.81. The molecule has 0 atom stereocenters. The van der Waals surface area contributed by atoms with E-state index in [-0.39, 0.29) is 0 Å². The Hall–Kier alpha value is -0.560.